The van der Waals surface area contributed by atoms with Crippen LogP contribution in [-0.2, 0) is 0 Å². The number of rotatable bonds is 6. The van der Waals surface area contributed by atoms with Crippen LogP contribution < -0.4 is 5.32 Å². The van der Waals surface area contributed by atoms with Crippen molar-refractivity contribution < 1.29 is 0 Å². The molecule has 0 saturated carbocycles. The van der Waals surface area contributed by atoms with Crippen molar-refractivity contribution in [1.29, 1.82) is 5.26 Å². The molecule has 3 heteroatoms. The third-order valence-corrected chi connectivity index (χ3v) is 2.80. The van der Waals surface area contributed by atoms with Crippen LogP contribution in [-0.4, -0.2) is 24.6 Å². The van der Waals surface area contributed by atoms with Gasteiger partial charge in [-0.2, -0.15) is 17.0 Å². The van der Waals surface area contributed by atoms with Crippen molar-refractivity contribution in [3.05, 3.63) is 37.5 Å². The number of allylic oxidation sites excluding steroid dienone is 2. The van der Waals surface area contributed by atoms with E-state index in [9.17, 15) is 0 Å². The minimum Gasteiger partial charge on any atom is -0.304 e. The van der Waals surface area contributed by atoms with Crippen molar-refractivity contribution in [2.24, 2.45) is 0 Å². The molecule has 0 fully saturated rings. The van der Waals surface area contributed by atoms with Gasteiger partial charge in [0.1, 0.15) is 6.04 Å². The van der Waals surface area contributed by atoms with Gasteiger partial charge in [0.2, 0.25) is 0 Å². The van der Waals surface area contributed by atoms with Crippen LogP contribution in [0.5, 0.6) is 0 Å². The van der Waals surface area contributed by atoms with Crippen molar-refractivity contribution in [2.75, 3.05) is 18.6 Å². The van der Waals surface area contributed by atoms with Gasteiger partial charge in [0.15, 0.2) is 0 Å². The lowest BCUT2D eigenvalue weighted by atomic mass is 10.3. The first-order valence-corrected chi connectivity index (χ1v) is 5.86. The molecule has 1 N–H and O–H groups in total. The van der Waals surface area contributed by atoms with Crippen LogP contribution in [0.1, 0.15) is 6.92 Å². The summed E-state index contributed by atoms with van der Waals surface area (Å²) >= 11 is 1.74. The molecule has 0 aliphatic heterocycles. The predicted molar refractivity (Wildman–Crippen MR) is 71.0 cm³/mol. The maximum Gasteiger partial charge on any atom is 0.104 e. The van der Waals surface area contributed by atoms with Crippen LogP contribution in [0.2, 0.25) is 0 Å². The Morgan fingerprint density at radius 2 is 2.20 bits per heavy atom. The highest BCUT2D eigenvalue weighted by Gasteiger charge is 2.02. The van der Waals surface area contributed by atoms with E-state index in [4.69, 9.17) is 5.26 Å². The molecule has 0 rings (SSSR count). The zero-order valence-electron chi connectivity index (χ0n) is 9.62. The molecule has 1 unspecified atom stereocenters. The van der Waals surface area contributed by atoms with E-state index in [0.29, 0.717) is 0 Å². The van der Waals surface area contributed by atoms with E-state index in [1.165, 1.54) is 5.57 Å². The average molecular weight is 224 g/mol. The molecule has 2 nitrogen and oxygen atoms in total. The van der Waals surface area contributed by atoms with Gasteiger partial charge in [-0.1, -0.05) is 18.7 Å². The Labute approximate surface area is 97.8 Å². The van der Waals surface area contributed by atoms with Gasteiger partial charge >= 0.3 is 0 Å². The molecule has 0 aromatic rings. The van der Waals surface area contributed by atoms with Gasteiger partial charge in [-0.25, -0.2) is 0 Å². The number of hydrogen-bond acceptors (Lipinski definition) is 3. The molecular formula is C12H20N2S. The Hall–Kier alpha value is -0.980. The summed E-state index contributed by atoms with van der Waals surface area (Å²) in [5.74, 6) is 1.75. The SMILES string of the molecule is C=C.C=C/C(=C\C)CSCC(C#N)NC. The van der Waals surface area contributed by atoms with Crippen molar-refractivity contribution >= 4 is 11.8 Å². The Bertz CT molecular complexity index is 228. The fourth-order valence-electron chi connectivity index (χ4n) is 0.740. The summed E-state index contributed by atoms with van der Waals surface area (Å²) in [5.41, 5.74) is 1.22. The molecule has 0 spiro atoms. The Balaban J connectivity index is 0. The minimum absolute atomic E-state index is 0.0482. The van der Waals surface area contributed by atoms with Gasteiger partial charge in [-0.15, -0.1) is 13.2 Å². The van der Waals surface area contributed by atoms with Crippen molar-refractivity contribution in [2.45, 2.75) is 13.0 Å². The Morgan fingerprint density at radius 1 is 1.60 bits per heavy atom. The molecule has 0 aromatic heterocycles. The van der Waals surface area contributed by atoms with E-state index in [0.717, 1.165) is 11.5 Å². The molecule has 0 radical (unpaired) electrons. The van der Waals surface area contributed by atoms with Crippen molar-refractivity contribution in [3.8, 4) is 6.07 Å². The molecule has 0 aromatic carbocycles. The smallest absolute Gasteiger partial charge is 0.104 e. The molecule has 84 valence electrons. The van der Waals surface area contributed by atoms with Gasteiger partial charge in [0.25, 0.3) is 0 Å². The average Bonchev–Trinajstić information content (AvgIpc) is 2.32. The zero-order valence-corrected chi connectivity index (χ0v) is 10.4. The van der Waals surface area contributed by atoms with Gasteiger partial charge in [-0.05, 0) is 19.5 Å². The largest absolute Gasteiger partial charge is 0.304 e. The first-order chi connectivity index (χ1) is 7.28. The first-order valence-electron chi connectivity index (χ1n) is 4.70. The molecule has 1 atom stereocenters. The van der Waals surface area contributed by atoms with E-state index in [1.807, 2.05) is 19.1 Å². The molecule has 0 heterocycles. The van der Waals surface area contributed by atoms with Crippen LogP contribution in [0, 0.1) is 11.3 Å². The van der Waals surface area contributed by atoms with E-state index in [2.05, 4.69) is 31.1 Å². The van der Waals surface area contributed by atoms with E-state index in [-0.39, 0.29) is 6.04 Å². The van der Waals surface area contributed by atoms with Gasteiger partial charge < -0.3 is 5.32 Å². The quantitative estimate of drug-likeness (QED) is 0.556. The Kier molecular flexibility index (Phi) is 14.3. The highest BCUT2D eigenvalue weighted by molar-refractivity contribution is 7.99. The topological polar surface area (TPSA) is 35.8 Å². The monoisotopic (exact) mass is 224 g/mol. The third-order valence-electron chi connectivity index (χ3n) is 1.69. The summed E-state index contributed by atoms with van der Waals surface area (Å²) in [6, 6.07) is 2.14. The van der Waals surface area contributed by atoms with Crippen LogP contribution in [0.3, 0.4) is 0 Å². The molecule has 0 aliphatic rings. The van der Waals surface area contributed by atoms with Crippen LogP contribution >= 0.6 is 11.8 Å². The van der Waals surface area contributed by atoms with Gasteiger partial charge in [-0.3, -0.25) is 0 Å². The summed E-state index contributed by atoms with van der Waals surface area (Å²) in [6.07, 6.45) is 3.90. The second-order valence-corrected chi connectivity index (χ2v) is 3.58. The molecular weight excluding hydrogens is 204 g/mol. The minimum atomic E-state index is -0.0482. The summed E-state index contributed by atoms with van der Waals surface area (Å²) in [7, 11) is 1.80. The van der Waals surface area contributed by atoms with Crippen LogP contribution in [0.25, 0.3) is 0 Å². The number of nitrogens with zero attached hydrogens (tertiary/aromatic N) is 1. The van der Waals surface area contributed by atoms with Gasteiger partial charge in [0.05, 0.1) is 6.07 Å². The van der Waals surface area contributed by atoms with Gasteiger partial charge in [0, 0.05) is 11.5 Å². The lowest BCUT2D eigenvalue weighted by molar-refractivity contribution is 0.750. The highest BCUT2D eigenvalue weighted by Crippen LogP contribution is 2.09. The summed E-state index contributed by atoms with van der Waals surface area (Å²) in [4.78, 5) is 0. The van der Waals surface area contributed by atoms with Crippen LogP contribution in [0.4, 0.5) is 0 Å². The lowest BCUT2D eigenvalue weighted by Crippen LogP contribution is -2.25. The van der Waals surface area contributed by atoms with E-state index >= 15 is 0 Å². The molecule has 0 aliphatic carbocycles. The third kappa shape index (κ3) is 9.33. The first kappa shape index (κ1) is 16.4. The molecule has 15 heavy (non-hydrogen) atoms. The molecule has 0 saturated heterocycles. The summed E-state index contributed by atoms with van der Waals surface area (Å²) < 4.78 is 0. The predicted octanol–water partition coefficient (Wildman–Crippen LogP) is 2.77. The number of thioether (sulfide) groups is 1. The Morgan fingerprint density at radius 3 is 2.53 bits per heavy atom. The lowest BCUT2D eigenvalue weighted by Gasteiger charge is -2.06. The van der Waals surface area contributed by atoms with E-state index < -0.39 is 0 Å². The second-order valence-electron chi connectivity index (χ2n) is 2.55. The number of nitriles is 1. The summed E-state index contributed by atoms with van der Waals surface area (Å²) in [6.45, 7) is 11.7. The highest BCUT2D eigenvalue weighted by atomic mass is 32.2. The van der Waals surface area contributed by atoms with Crippen molar-refractivity contribution in [3.63, 3.8) is 0 Å². The zero-order chi connectivity index (χ0) is 12.1. The maximum atomic E-state index is 8.65. The summed E-state index contributed by atoms with van der Waals surface area (Å²) in [5, 5.41) is 11.6. The number of hydrogen-bond donors (Lipinski definition) is 1. The molecule has 0 amide bonds. The second kappa shape index (κ2) is 13.0. The molecule has 0 bridgehead atoms. The fraction of sp³-hybridized carbons (Fsp3) is 0.417. The van der Waals surface area contributed by atoms with Crippen LogP contribution in [0.15, 0.2) is 37.5 Å². The normalized spacial score (nSPS) is 11.9. The maximum absolute atomic E-state index is 8.65. The standard InChI is InChI=1S/C10H16N2S.C2H4/c1-4-9(5-2)7-13-8-10(6-11)12-3;1-2/h4-5,10,12H,1,7-8H2,2-3H3;1-2H2/b9-5+;. The van der Waals surface area contributed by atoms with Crippen molar-refractivity contribution in [1.82, 2.24) is 5.32 Å². The number of nitrogens with one attached hydrogen (secondary N) is 1. The van der Waals surface area contributed by atoms with E-state index in [1.54, 1.807) is 18.8 Å². The fourth-order valence-corrected chi connectivity index (χ4v) is 1.85.